The van der Waals surface area contributed by atoms with Crippen LogP contribution in [-0.2, 0) is 22.6 Å². The number of hydrogen-bond donors (Lipinski definition) is 3. The number of furan rings is 1. The fraction of sp³-hybridized carbons (Fsp3) is 0.286. The second kappa shape index (κ2) is 8.32. The molecule has 3 N–H and O–H groups in total. The molecule has 0 radical (unpaired) electrons. The van der Waals surface area contributed by atoms with Crippen molar-refractivity contribution < 1.29 is 23.5 Å². The molecule has 4 rings (SSSR count). The summed E-state index contributed by atoms with van der Waals surface area (Å²) in [5.74, 6) is 0.530. The zero-order valence-corrected chi connectivity index (χ0v) is 16.4. The van der Waals surface area contributed by atoms with Crippen molar-refractivity contribution in [3.63, 3.8) is 0 Å². The number of fused-ring (bicyclic) bond motifs is 1. The van der Waals surface area contributed by atoms with Gasteiger partial charge in [0.05, 0.1) is 26.3 Å². The number of carbonyl (C=O) groups excluding carboxylic acids is 3. The zero-order chi connectivity index (χ0) is 21.1. The summed E-state index contributed by atoms with van der Waals surface area (Å²) in [6.45, 7) is 0.452. The number of ether oxygens (including phenoxy) is 1. The van der Waals surface area contributed by atoms with Gasteiger partial charge < -0.3 is 24.8 Å². The highest BCUT2D eigenvalue weighted by molar-refractivity contribution is 6.05. The van der Waals surface area contributed by atoms with Crippen LogP contribution < -0.4 is 15.4 Å². The third-order valence-electron chi connectivity index (χ3n) is 5.08. The quantitative estimate of drug-likeness (QED) is 0.491. The summed E-state index contributed by atoms with van der Waals surface area (Å²) < 4.78 is 10.4. The third kappa shape index (κ3) is 4.00. The van der Waals surface area contributed by atoms with Crippen molar-refractivity contribution in [3.8, 4) is 5.75 Å². The molecular weight excluding hydrogens is 388 g/mol. The predicted molar refractivity (Wildman–Crippen MR) is 108 cm³/mol. The second-order valence-electron chi connectivity index (χ2n) is 7.04. The fourth-order valence-corrected chi connectivity index (χ4v) is 3.51. The third-order valence-corrected chi connectivity index (χ3v) is 5.08. The van der Waals surface area contributed by atoms with E-state index in [2.05, 4.69) is 15.6 Å². The number of methoxy groups -OCH3 is 1. The maximum absolute atomic E-state index is 12.4. The van der Waals surface area contributed by atoms with Gasteiger partial charge in [-0.3, -0.25) is 14.5 Å². The van der Waals surface area contributed by atoms with Crippen LogP contribution in [0.1, 0.15) is 17.7 Å². The van der Waals surface area contributed by atoms with Gasteiger partial charge in [-0.25, -0.2) is 4.79 Å². The summed E-state index contributed by atoms with van der Waals surface area (Å²) in [5.41, 5.74) is 2.05. The number of rotatable bonds is 8. The molecule has 0 aliphatic carbocycles. The molecular formula is C21H22N4O5. The van der Waals surface area contributed by atoms with Crippen LogP contribution in [0.25, 0.3) is 10.9 Å². The maximum Gasteiger partial charge on any atom is 0.325 e. The molecule has 0 saturated carbocycles. The highest BCUT2D eigenvalue weighted by atomic mass is 16.5. The molecule has 30 heavy (non-hydrogen) atoms. The SMILES string of the molecule is COc1ccc2[nH]cc(CCNC(=O)CC3NC(=O)N(Cc4ccco4)C3=O)c2c1. The molecule has 9 nitrogen and oxygen atoms in total. The monoisotopic (exact) mass is 410 g/mol. The fourth-order valence-electron chi connectivity index (χ4n) is 3.51. The molecule has 2 aromatic heterocycles. The van der Waals surface area contributed by atoms with E-state index in [4.69, 9.17) is 9.15 Å². The van der Waals surface area contributed by atoms with E-state index >= 15 is 0 Å². The van der Waals surface area contributed by atoms with Crippen LogP contribution >= 0.6 is 0 Å². The lowest BCUT2D eigenvalue weighted by molar-refractivity contribution is -0.131. The largest absolute Gasteiger partial charge is 0.497 e. The number of nitrogens with zero attached hydrogens (tertiary/aromatic N) is 1. The van der Waals surface area contributed by atoms with E-state index in [1.54, 1.807) is 19.2 Å². The Balaban J connectivity index is 1.29. The minimum atomic E-state index is -0.871. The molecule has 1 aromatic carbocycles. The summed E-state index contributed by atoms with van der Waals surface area (Å²) in [6.07, 6.45) is 3.89. The van der Waals surface area contributed by atoms with Crippen LogP contribution in [0.4, 0.5) is 4.79 Å². The van der Waals surface area contributed by atoms with Crippen molar-refractivity contribution in [2.45, 2.75) is 25.4 Å². The van der Waals surface area contributed by atoms with Gasteiger partial charge in [-0.2, -0.15) is 0 Å². The Kier molecular flexibility index (Phi) is 5.42. The van der Waals surface area contributed by atoms with Crippen molar-refractivity contribution in [3.05, 3.63) is 54.1 Å². The molecule has 1 aliphatic heterocycles. The Morgan fingerprint density at radius 3 is 2.93 bits per heavy atom. The average Bonchev–Trinajstić information content (AvgIpc) is 3.45. The van der Waals surface area contributed by atoms with Crippen LogP contribution in [0, 0.1) is 0 Å². The zero-order valence-electron chi connectivity index (χ0n) is 16.4. The van der Waals surface area contributed by atoms with Gasteiger partial charge in [-0.1, -0.05) is 0 Å². The number of aromatic nitrogens is 1. The van der Waals surface area contributed by atoms with E-state index in [9.17, 15) is 14.4 Å². The smallest absolute Gasteiger partial charge is 0.325 e. The minimum absolute atomic E-state index is 0.0415. The van der Waals surface area contributed by atoms with Crippen LogP contribution in [0.2, 0.25) is 0 Å². The first kappa shape index (κ1) is 19.6. The molecule has 4 amide bonds. The molecule has 9 heteroatoms. The number of urea groups is 1. The van der Waals surface area contributed by atoms with Crippen molar-refractivity contribution in [2.75, 3.05) is 13.7 Å². The molecule has 1 atom stereocenters. The summed E-state index contributed by atoms with van der Waals surface area (Å²) in [7, 11) is 1.62. The number of benzene rings is 1. The lowest BCUT2D eigenvalue weighted by Gasteiger charge is -2.11. The van der Waals surface area contributed by atoms with Crippen LogP contribution in [0.15, 0.2) is 47.2 Å². The van der Waals surface area contributed by atoms with Gasteiger partial charge in [-0.15, -0.1) is 0 Å². The summed E-state index contributed by atoms with van der Waals surface area (Å²) in [4.78, 5) is 41.0. The summed E-state index contributed by atoms with van der Waals surface area (Å²) in [5, 5.41) is 6.40. The normalized spacial score (nSPS) is 16.2. The second-order valence-corrected chi connectivity index (χ2v) is 7.04. The highest BCUT2D eigenvalue weighted by Gasteiger charge is 2.39. The number of aromatic amines is 1. The molecule has 3 aromatic rings. The maximum atomic E-state index is 12.4. The highest BCUT2D eigenvalue weighted by Crippen LogP contribution is 2.23. The Hall–Kier alpha value is -3.75. The number of amides is 4. The standard InChI is InChI=1S/C21H22N4O5/c1-29-14-4-5-17-16(9-14)13(11-23-17)6-7-22-19(26)10-18-20(27)25(21(28)24-18)12-15-3-2-8-30-15/h2-5,8-9,11,18,23H,6-7,10,12H2,1H3,(H,22,26)(H,24,28). The number of imide groups is 1. The van der Waals surface area contributed by atoms with Crippen LogP contribution in [0.5, 0.6) is 5.75 Å². The minimum Gasteiger partial charge on any atom is -0.497 e. The first-order valence-electron chi connectivity index (χ1n) is 9.60. The average molecular weight is 410 g/mol. The van der Waals surface area contributed by atoms with Crippen LogP contribution in [-0.4, -0.2) is 47.4 Å². The van der Waals surface area contributed by atoms with Gasteiger partial charge in [0.15, 0.2) is 0 Å². The van der Waals surface area contributed by atoms with Gasteiger partial charge in [-0.05, 0) is 42.3 Å². The molecule has 1 saturated heterocycles. The first-order chi connectivity index (χ1) is 14.5. The topological polar surface area (TPSA) is 117 Å². The van der Waals surface area contributed by atoms with E-state index < -0.39 is 18.0 Å². The molecule has 0 spiro atoms. The molecule has 0 bridgehead atoms. The van der Waals surface area contributed by atoms with Gasteiger partial charge >= 0.3 is 6.03 Å². The molecule has 1 unspecified atom stereocenters. The predicted octanol–water partition coefficient (Wildman–Crippen LogP) is 1.94. The number of hydrogen-bond acceptors (Lipinski definition) is 5. The Bertz CT molecular complexity index is 1070. The number of nitrogens with one attached hydrogen (secondary N) is 3. The van der Waals surface area contributed by atoms with E-state index in [-0.39, 0.29) is 18.9 Å². The van der Waals surface area contributed by atoms with Gasteiger partial charge in [0.1, 0.15) is 17.6 Å². The lowest BCUT2D eigenvalue weighted by Crippen LogP contribution is -2.37. The summed E-state index contributed by atoms with van der Waals surface area (Å²) in [6, 6.07) is 7.74. The van der Waals surface area contributed by atoms with E-state index in [0.29, 0.717) is 18.7 Å². The number of carbonyl (C=O) groups is 3. The van der Waals surface area contributed by atoms with Crippen molar-refractivity contribution in [1.29, 1.82) is 0 Å². The van der Waals surface area contributed by atoms with E-state index in [0.717, 1.165) is 27.1 Å². The lowest BCUT2D eigenvalue weighted by atomic mass is 10.1. The van der Waals surface area contributed by atoms with Gasteiger partial charge in [0, 0.05) is 23.6 Å². The van der Waals surface area contributed by atoms with Gasteiger partial charge in [0.2, 0.25) is 5.91 Å². The van der Waals surface area contributed by atoms with E-state index in [1.165, 1.54) is 6.26 Å². The molecule has 1 fully saturated rings. The Morgan fingerprint density at radius 1 is 1.30 bits per heavy atom. The van der Waals surface area contributed by atoms with Crippen molar-refractivity contribution >= 4 is 28.7 Å². The first-order valence-corrected chi connectivity index (χ1v) is 9.60. The Morgan fingerprint density at radius 2 is 2.17 bits per heavy atom. The molecule has 3 heterocycles. The molecule has 1 aliphatic rings. The van der Waals surface area contributed by atoms with Crippen molar-refractivity contribution in [1.82, 2.24) is 20.5 Å². The summed E-state index contributed by atoms with van der Waals surface area (Å²) >= 11 is 0. The van der Waals surface area contributed by atoms with Crippen molar-refractivity contribution in [2.24, 2.45) is 0 Å². The Labute approximate surface area is 172 Å². The van der Waals surface area contributed by atoms with Crippen LogP contribution in [0.3, 0.4) is 0 Å². The number of H-pyrrole nitrogens is 1. The van der Waals surface area contributed by atoms with E-state index in [1.807, 2.05) is 24.4 Å². The van der Waals surface area contributed by atoms with Gasteiger partial charge in [0.25, 0.3) is 5.91 Å². The molecule has 156 valence electrons.